The molecule has 2 heteroatoms. The van der Waals surface area contributed by atoms with Crippen molar-refractivity contribution in [1.29, 1.82) is 0 Å². The molecule has 0 saturated heterocycles. The summed E-state index contributed by atoms with van der Waals surface area (Å²) >= 11 is 0. The van der Waals surface area contributed by atoms with Crippen molar-refractivity contribution < 1.29 is 4.79 Å². The number of hydrogen-bond donors (Lipinski definition) is 0. The van der Waals surface area contributed by atoms with E-state index in [-0.39, 0.29) is 0 Å². The first kappa shape index (κ1) is 8.09. The summed E-state index contributed by atoms with van der Waals surface area (Å²) in [5.74, 6) is 2.59. The summed E-state index contributed by atoms with van der Waals surface area (Å²) in [5, 5.41) is 0. The van der Waals surface area contributed by atoms with Crippen LogP contribution in [0.3, 0.4) is 0 Å². The maximum absolute atomic E-state index is 11.7. The van der Waals surface area contributed by atoms with Gasteiger partial charge in [-0.05, 0) is 38.0 Å². The quantitative estimate of drug-likeness (QED) is 0.610. The Morgan fingerprint density at radius 3 is 2.42 bits per heavy atom. The van der Waals surface area contributed by atoms with Gasteiger partial charge in [-0.2, -0.15) is 0 Å². The number of carbonyl (C=O) groups excluding carboxylic acids is 1. The Morgan fingerprint density at radius 1 is 1.33 bits per heavy atom. The van der Waals surface area contributed by atoms with Crippen molar-refractivity contribution in [2.45, 2.75) is 26.2 Å². The Bertz CT molecular complexity index is 192. The normalized spacial score (nSPS) is 37.7. The topological polar surface area (TPSA) is 20.3 Å². The van der Waals surface area contributed by atoms with E-state index in [0.29, 0.717) is 11.8 Å². The average molecular weight is 167 g/mol. The molecule has 0 aromatic rings. The summed E-state index contributed by atoms with van der Waals surface area (Å²) in [6.45, 7) is 2.89. The van der Waals surface area contributed by atoms with E-state index < -0.39 is 0 Å². The Balaban J connectivity index is 1.88. The molecule has 0 aromatic heterocycles. The molecular weight excluding hydrogens is 150 g/mol. The Hall–Kier alpha value is -0.530. The van der Waals surface area contributed by atoms with Crippen LogP contribution >= 0.6 is 0 Å². The van der Waals surface area contributed by atoms with E-state index in [2.05, 4.69) is 0 Å². The molecule has 2 saturated carbocycles. The molecule has 2 nitrogen and oxygen atoms in total. The molecule has 2 fully saturated rings. The lowest BCUT2D eigenvalue weighted by atomic mass is 10.0. The lowest BCUT2D eigenvalue weighted by Crippen LogP contribution is -2.32. The molecule has 0 aliphatic heterocycles. The highest BCUT2D eigenvalue weighted by Gasteiger charge is 2.48. The van der Waals surface area contributed by atoms with Gasteiger partial charge in [-0.25, -0.2) is 0 Å². The third-order valence-electron chi connectivity index (χ3n) is 3.44. The van der Waals surface area contributed by atoms with Gasteiger partial charge in [0.15, 0.2) is 0 Å². The number of hydrogen-bond acceptors (Lipinski definition) is 1. The summed E-state index contributed by atoms with van der Waals surface area (Å²) in [6.07, 6.45) is 3.75. The largest absolute Gasteiger partial charge is 0.346 e. The van der Waals surface area contributed by atoms with E-state index in [1.54, 1.807) is 0 Å². The molecule has 12 heavy (non-hydrogen) atoms. The maximum Gasteiger partial charge on any atom is 0.225 e. The van der Waals surface area contributed by atoms with E-state index in [4.69, 9.17) is 0 Å². The monoisotopic (exact) mass is 167 g/mol. The van der Waals surface area contributed by atoms with Crippen LogP contribution in [-0.2, 0) is 4.79 Å². The van der Waals surface area contributed by atoms with Gasteiger partial charge < -0.3 is 4.90 Å². The van der Waals surface area contributed by atoms with Crippen molar-refractivity contribution >= 4 is 5.91 Å². The van der Waals surface area contributed by atoms with Crippen LogP contribution in [0.4, 0.5) is 0 Å². The summed E-state index contributed by atoms with van der Waals surface area (Å²) in [4.78, 5) is 13.5. The molecule has 0 radical (unpaired) electrons. The highest BCUT2D eigenvalue weighted by atomic mass is 16.2. The van der Waals surface area contributed by atoms with Gasteiger partial charge in [0.05, 0.1) is 0 Å². The molecule has 68 valence electrons. The summed E-state index contributed by atoms with van der Waals surface area (Å²) in [6, 6.07) is 0. The standard InChI is InChI=1S/C10H17NO/c1-3-11(2)10(12)9-5-7-4-8(7)6-9/h7-9H,3-6H2,1-2H3. The van der Waals surface area contributed by atoms with Gasteiger partial charge >= 0.3 is 0 Å². The second-order valence-electron chi connectivity index (χ2n) is 4.28. The first-order valence-electron chi connectivity index (χ1n) is 4.97. The molecule has 0 spiro atoms. The van der Waals surface area contributed by atoms with Crippen molar-refractivity contribution in [3.63, 3.8) is 0 Å². The van der Waals surface area contributed by atoms with Gasteiger partial charge in [-0.1, -0.05) is 0 Å². The minimum absolute atomic E-state index is 0.374. The van der Waals surface area contributed by atoms with Crippen LogP contribution in [0, 0.1) is 17.8 Å². The van der Waals surface area contributed by atoms with Crippen LogP contribution in [0.15, 0.2) is 0 Å². The van der Waals surface area contributed by atoms with Crippen LogP contribution in [0.2, 0.25) is 0 Å². The second kappa shape index (κ2) is 2.75. The Labute approximate surface area is 73.9 Å². The molecule has 2 atom stereocenters. The van der Waals surface area contributed by atoms with Gasteiger partial charge in [0, 0.05) is 19.5 Å². The van der Waals surface area contributed by atoms with Gasteiger partial charge in [0.25, 0.3) is 0 Å². The fraction of sp³-hybridized carbons (Fsp3) is 0.900. The number of fused-ring (bicyclic) bond motifs is 1. The molecule has 2 rings (SSSR count). The van der Waals surface area contributed by atoms with Crippen LogP contribution in [0.1, 0.15) is 26.2 Å². The molecule has 0 aromatic carbocycles. The number of nitrogens with zero attached hydrogens (tertiary/aromatic N) is 1. The SMILES string of the molecule is CCN(C)C(=O)C1CC2CC2C1. The zero-order valence-electron chi connectivity index (χ0n) is 7.92. The second-order valence-corrected chi connectivity index (χ2v) is 4.28. The van der Waals surface area contributed by atoms with Crippen LogP contribution in [-0.4, -0.2) is 24.4 Å². The number of rotatable bonds is 2. The maximum atomic E-state index is 11.7. The number of amides is 1. The van der Waals surface area contributed by atoms with Gasteiger partial charge in [0.1, 0.15) is 0 Å². The van der Waals surface area contributed by atoms with Crippen LogP contribution < -0.4 is 0 Å². The fourth-order valence-corrected chi connectivity index (χ4v) is 2.38. The minimum Gasteiger partial charge on any atom is -0.346 e. The van der Waals surface area contributed by atoms with Crippen LogP contribution in [0.5, 0.6) is 0 Å². The van der Waals surface area contributed by atoms with Crippen molar-refractivity contribution in [2.24, 2.45) is 17.8 Å². The van der Waals surface area contributed by atoms with E-state index in [1.807, 2.05) is 18.9 Å². The van der Waals surface area contributed by atoms with Gasteiger partial charge in [0.2, 0.25) is 5.91 Å². The minimum atomic E-state index is 0.374. The smallest absolute Gasteiger partial charge is 0.225 e. The first-order chi connectivity index (χ1) is 5.72. The van der Waals surface area contributed by atoms with Crippen molar-refractivity contribution in [3.8, 4) is 0 Å². The van der Waals surface area contributed by atoms with Gasteiger partial charge in [-0.3, -0.25) is 4.79 Å². The highest BCUT2D eigenvalue weighted by Crippen LogP contribution is 2.54. The molecule has 1 amide bonds. The molecular formula is C10H17NO. The zero-order valence-corrected chi connectivity index (χ0v) is 7.92. The summed E-state index contributed by atoms with van der Waals surface area (Å²) in [5.41, 5.74) is 0. The van der Waals surface area contributed by atoms with Crippen molar-refractivity contribution in [3.05, 3.63) is 0 Å². The zero-order chi connectivity index (χ0) is 8.72. The van der Waals surface area contributed by atoms with E-state index in [9.17, 15) is 4.79 Å². The van der Waals surface area contributed by atoms with E-state index in [0.717, 1.165) is 18.4 Å². The molecule has 0 heterocycles. The van der Waals surface area contributed by atoms with E-state index >= 15 is 0 Å². The van der Waals surface area contributed by atoms with Gasteiger partial charge in [-0.15, -0.1) is 0 Å². The third kappa shape index (κ3) is 1.23. The first-order valence-corrected chi connectivity index (χ1v) is 4.97. The molecule has 2 aliphatic carbocycles. The molecule has 2 unspecified atom stereocenters. The summed E-state index contributed by atoms with van der Waals surface area (Å²) in [7, 11) is 1.91. The molecule has 0 bridgehead atoms. The van der Waals surface area contributed by atoms with Crippen molar-refractivity contribution in [1.82, 2.24) is 4.90 Å². The lowest BCUT2D eigenvalue weighted by Gasteiger charge is -2.19. The van der Waals surface area contributed by atoms with Crippen molar-refractivity contribution in [2.75, 3.05) is 13.6 Å². The lowest BCUT2D eigenvalue weighted by molar-refractivity contribution is -0.134. The fourth-order valence-electron chi connectivity index (χ4n) is 2.38. The Morgan fingerprint density at radius 2 is 1.92 bits per heavy atom. The highest BCUT2D eigenvalue weighted by molar-refractivity contribution is 5.79. The predicted molar refractivity (Wildman–Crippen MR) is 47.6 cm³/mol. The van der Waals surface area contributed by atoms with Crippen LogP contribution in [0.25, 0.3) is 0 Å². The molecule has 2 aliphatic rings. The molecule has 0 N–H and O–H groups in total. The average Bonchev–Trinajstić information content (AvgIpc) is 2.71. The van der Waals surface area contributed by atoms with E-state index in [1.165, 1.54) is 19.3 Å². The predicted octanol–water partition coefficient (Wildman–Crippen LogP) is 1.51. The number of carbonyl (C=O) groups is 1. The third-order valence-corrected chi connectivity index (χ3v) is 3.44. The Kier molecular flexibility index (Phi) is 1.85. The summed E-state index contributed by atoms with van der Waals surface area (Å²) < 4.78 is 0.